The molecule has 7 rings (SSSR count). The first-order chi connectivity index (χ1) is 16.8. The minimum absolute atomic E-state index is 0.0145. The number of benzene rings is 1. The molecule has 1 saturated heterocycles. The summed E-state index contributed by atoms with van der Waals surface area (Å²) in [6, 6.07) is 8.80. The zero-order valence-corrected chi connectivity index (χ0v) is 20.3. The van der Waals surface area contributed by atoms with E-state index in [0.717, 1.165) is 25.7 Å². The molecule has 2 aliphatic carbocycles. The summed E-state index contributed by atoms with van der Waals surface area (Å²) >= 11 is 4.36. The standard InChI is InChI=1S/C24H17F3N2O3S3/c25-24(26,27)11-4-1-2-5-12(11)29-21(30)15-9-8-10(16(15)22(29)31)18-14(9)17(13-6-3-7-33-13)19-20(34-18)28-23(32)35-19/h1-7,9-10,14-18H,8H2,(H,28,32)/t9?,10?,14?,15?,16?,17-,18?/m1/s1. The van der Waals surface area contributed by atoms with E-state index in [1.807, 2.05) is 17.5 Å². The molecule has 3 aromatic rings. The van der Waals surface area contributed by atoms with Gasteiger partial charge in [-0.2, -0.15) is 13.2 Å². The van der Waals surface area contributed by atoms with E-state index in [1.54, 1.807) is 23.1 Å². The van der Waals surface area contributed by atoms with Crippen LogP contribution in [0, 0.1) is 29.6 Å². The van der Waals surface area contributed by atoms with Crippen molar-refractivity contribution in [2.75, 3.05) is 4.90 Å². The van der Waals surface area contributed by atoms with Gasteiger partial charge in [0.25, 0.3) is 0 Å². The van der Waals surface area contributed by atoms with Crippen LogP contribution in [0.25, 0.3) is 0 Å². The molecule has 1 aromatic carbocycles. The molecule has 1 N–H and O–H groups in total. The first-order valence-corrected chi connectivity index (χ1v) is 13.8. The molecule has 3 fully saturated rings. The molecule has 0 radical (unpaired) electrons. The maximum atomic E-state index is 13.7. The minimum atomic E-state index is -4.68. The van der Waals surface area contributed by atoms with Crippen LogP contribution in [0.3, 0.4) is 0 Å². The molecule has 180 valence electrons. The van der Waals surface area contributed by atoms with Crippen LogP contribution in [0.2, 0.25) is 0 Å². The maximum Gasteiger partial charge on any atom is 0.418 e. The zero-order chi connectivity index (χ0) is 24.2. The number of imide groups is 1. The summed E-state index contributed by atoms with van der Waals surface area (Å²) in [7, 11) is 0. The molecule has 2 amide bonds. The third-order valence-electron chi connectivity index (χ3n) is 8.02. The van der Waals surface area contributed by atoms with E-state index < -0.39 is 35.4 Å². The van der Waals surface area contributed by atoms with Gasteiger partial charge in [0, 0.05) is 20.9 Å². The van der Waals surface area contributed by atoms with Gasteiger partial charge < -0.3 is 4.98 Å². The quantitative estimate of drug-likeness (QED) is 0.459. The molecule has 4 heterocycles. The van der Waals surface area contributed by atoms with Crippen LogP contribution in [0.4, 0.5) is 18.9 Å². The predicted molar refractivity (Wildman–Crippen MR) is 127 cm³/mol. The molecule has 2 aromatic heterocycles. The van der Waals surface area contributed by atoms with E-state index in [1.165, 1.54) is 29.5 Å². The second-order valence-electron chi connectivity index (χ2n) is 9.50. The summed E-state index contributed by atoms with van der Waals surface area (Å²) in [5.41, 5.74) is -1.35. The van der Waals surface area contributed by atoms with Crippen molar-refractivity contribution in [1.82, 2.24) is 4.98 Å². The first kappa shape index (κ1) is 21.9. The van der Waals surface area contributed by atoms with Crippen molar-refractivity contribution in [2.45, 2.75) is 28.8 Å². The van der Waals surface area contributed by atoms with Crippen molar-refractivity contribution >= 4 is 51.9 Å². The van der Waals surface area contributed by atoms with Crippen LogP contribution >= 0.6 is 34.4 Å². The molecule has 2 bridgehead atoms. The Morgan fingerprint density at radius 3 is 2.43 bits per heavy atom. The zero-order valence-electron chi connectivity index (χ0n) is 17.8. The van der Waals surface area contributed by atoms with Crippen molar-refractivity contribution in [2.24, 2.45) is 29.6 Å². The lowest BCUT2D eigenvalue weighted by Crippen LogP contribution is -2.42. The van der Waals surface area contributed by atoms with Gasteiger partial charge in [-0.25, -0.2) is 4.90 Å². The third-order valence-corrected chi connectivity index (χ3v) is 11.6. The van der Waals surface area contributed by atoms with Gasteiger partial charge in [-0.05, 0) is 47.8 Å². The number of alkyl halides is 3. The smallest absolute Gasteiger partial charge is 0.307 e. The number of thiazole rings is 1. The number of fused-ring (bicyclic) bond motifs is 9. The van der Waals surface area contributed by atoms with Gasteiger partial charge in [-0.3, -0.25) is 14.4 Å². The van der Waals surface area contributed by atoms with Crippen molar-refractivity contribution in [3.63, 3.8) is 0 Å². The number of rotatable bonds is 2. The van der Waals surface area contributed by atoms with Crippen LogP contribution in [-0.2, 0) is 15.8 Å². The van der Waals surface area contributed by atoms with E-state index in [0.29, 0.717) is 6.42 Å². The lowest BCUT2D eigenvalue weighted by molar-refractivity contribution is -0.137. The Morgan fingerprint density at radius 2 is 1.71 bits per heavy atom. The number of halogens is 3. The molecule has 2 aliphatic heterocycles. The van der Waals surface area contributed by atoms with Gasteiger partial charge in [0.05, 0.1) is 28.1 Å². The summed E-state index contributed by atoms with van der Waals surface area (Å²) < 4.78 is 41.2. The summed E-state index contributed by atoms with van der Waals surface area (Å²) in [5, 5.41) is 2.82. The maximum absolute atomic E-state index is 13.7. The van der Waals surface area contributed by atoms with Crippen molar-refractivity contribution in [1.29, 1.82) is 0 Å². The normalized spacial score (nSPS) is 33.2. The largest absolute Gasteiger partial charge is 0.418 e. The number of aromatic nitrogens is 1. The highest BCUT2D eigenvalue weighted by molar-refractivity contribution is 8.00. The van der Waals surface area contributed by atoms with Gasteiger partial charge in [-0.15, -0.1) is 23.1 Å². The average molecular weight is 535 g/mol. The highest BCUT2D eigenvalue weighted by Gasteiger charge is 2.70. The summed E-state index contributed by atoms with van der Waals surface area (Å²) in [4.78, 5) is 45.2. The number of amides is 2. The van der Waals surface area contributed by atoms with E-state index >= 15 is 0 Å². The topological polar surface area (TPSA) is 70.2 Å². The highest BCUT2D eigenvalue weighted by Crippen LogP contribution is 2.69. The first-order valence-electron chi connectivity index (χ1n) is 11.2. The molecular formula is C24H17F3N2O3S3. The summed E-state index contributed by atoms with van der Waals surface area (Å²) in [6.45, 7) is 0. The molecule has 7 atom stereocenters. The Balaban J connectivity index is 1.32. The number of hydrogen-bond donors (Lipinski definition) is 1. The Bertz CT molecular complexity index is 1430. The van der Waals surface area contributed by atoms with Crippen LogP contribution in [0.5, 0.6) is 0 Å². The molecular weight excluding hydrogens is 517 g/mol. The number of aromatic amines is 1. The van der Waals surface area contributed by atoms with E-state index in [4.69, 9.17) is 0 Å². The minimum Gasteiger partial charge on any atom is -0.307 e. The number of thioether (sulfide) groups is 1. The van der Waals surface area contributed by atoms with Crippen LogP contribution in [0.1, 0.15) is 27.7 Å². The van der Waals surface area contributed by atoms with Crippen molar-refractivity contribution < 1.29 is 22.8 Å². The fourth-order valence-corrected chi connectivity index (χ4v) is 10.8. The van der Waals surface area contributed by atoms with Gasteiger partial charge in [0.2, 0.25) is 11.8 Å². The van der Waals surface area contributed by atoms with Crippen molar-refractivity contribution in [3.8, 4) is 0 Å². The second kappa shape index (κ2) is 7.33. The van der Waals surface area contributed by atoms with E-state index in [-0.39, 0.29) is 39.5 Å². The molecule has 11 heteroatoms. The highest BCUT2D eigenvalue weighted by atomic mass is 32.2. The Hall–Kier alpha value is -2.37. The fourth-order valence-electron chi connectivity index (χ4n) is 6.95. The second-order valence-corrected chi connectivity index (χ2v) is 12.7. The predicted octanol–water partition coefficient (Wildman–Crippen LogP) is 5.19. The molecule has 4 aliphatic rings. The number of thiophene rings is 1. The van der Waals surface area contributed by atoms with Gasteiger partial charge in [0.15, 0.2) is 0 Å². The Kier molecular flexibility index (Phi) is 4.58. The number of para-hydroxylation sites is 1. The Morgan fingerprint density at radius 1 is 0.971 bits per heavy atom. The average Bonchev–Trinajstić information content (AvgIpc) is 3.61. The third kappa shape index (κ3) is 2.91. The van der Waals surface area contributed by atoms with Crippen LogP contribution in [-0.4, -0.2) is 22.0 Å². The lowest BCUT2D eigenvalue weighted by Gasteiger charge is -2.42. The van der Waals surface area contributed by atoms with Gasteiger partial charge >= 0.3 is 11.0 Å². The number of carbonyl (C=O) groups excluding carboxylic acids is 2. The summed E-state index contributed by atoms with van der Waals surface area (Å²) in [6.07, 6.45) is -3.98. The molecule has 5 nitrogen and oxygen atoms in total. The number of anilines is 1. The number of hydrogen-bond acceptors (Lipinski definition) is 6. The SMILES string of the molecule is O=C1C2C3CC(C2C(=O)N1c1ccccc1C(F)(F)F)C1C3Sc2[nH]c(=O)sc2[C@@H]1c1cccs1. The number of nitrogens with zero attached hydrogens (tertiary/aromatic N) is 1. The van der Waals surface area contributed by atoms with Gasteiger partial charge in [0.1, 0.15) is 0 Å². The molecule has 6 unspecified atom stereocenters. The molecule has 35 heavy (non-hydrogen) atoms. The van der Waals surface area contributed by atoms with E-state index in [9.17, 15) is 27.6 Å². The van der Waals surface area contributed by atoms with Crippen LogP contribution < -0.4 is 9.77 Å². The lowest BCUT2D eigenvalue weighted by atomic mass is 9.69. The molecule has 2 saturated carbocycles. The van der Waals surface area contributed by atoms with Gasteiger partial charge in [-0.1, -0.05) is 29.5 Å². The Labute approximate surface area is 209 Å². The fraction of sp³-hybridized carbons (Fsp3) is 0.375. The summed E-state index contributed by atoms with van der Waals surface area (Å²) in [5.74, 6) is -2.58. The molecule has 0 spiro atoms. The number of carbonyl (C=O) groups is 2. The monoisotopic (exact) mass is 534 g/mol. The number of H-pyrrole nitrogens is 1. The van der Waals surface area contributed by atoms with E-state index in [2.05, 4.69) is 4.98 Å². The number of nitrogens with one attached hydrogen (secondary N) is 1. The van der Waals surface area contributed by atoms with Crippen molar-refractivity contribution in [3.05, 3.63) is 66.8 Å². The van der Waals surface area contributed by atoms with Crippen LogP contribution in [0.15, 0.2) is 51.6 Å².